The second-order valence-electron chi connectivity index (χ2n) is 6.53. The van der Waals surface area contributed by atoms with E-state index < -0.39 is 0 Å². The largest absolute Gasteiger partial charge is 0.376 e. The second kappa shape index (κ2) is 9.91. The number of para-hydroxylation sites is 1. The Morgan fingerprint density at radius 3 is 2.83 bits per heavy atom. The van der Waals surface area contributed by atoms with Crippen molar-refractivity contribution in [3.05, 3.63) is 54.6 Å². The molecule has 1 fully saturated rings. The van der Waals surface area contributed by atoms with Gasteiger partial charge in [0.2, 0.25) is 11.1 Å². The van der Waals surface area contributed by atoms with Crippen molar-refractivity contribution in [3.8, 4) is 0 Å². The molecule has 1 aliphatic rings. The number of hydrogen-bond acceptors (Lipinski definition) is 7. The number of thioether (sulfide) groups is 1. The molecule has 1 aromatic heterocycles. The van der Waals surface area contributed by atoms with E-state index in [-0.39, 0.29) is 17.8 Å². The number of aromatic nitrogens is 4. The Labute approximate surface area is 177 Å². The van der Waals surface area contributed by atoms with Crippen LogP contribution in [-0.4, -0.2) is 44.6 Å². The SMILES string of the molecule is O=C(CSc1nnnn1CC1CCCO1)Nc1ccccc1Sc1ccccc1. The molecule has 1 unspecified atom stereocenters. The molecule has 4 rings (SSSR count). The predicted molar refractivity (Wildman–Crippen MR) is 113 cm³/mol. The van der Waals surface area contributed by atoms with Crippen molar-refractivity contribution in [2.24, 2.45) is 0 Å². The predicted octanol–water partition coefficient (Wildman–Crippen LogP) is 3.73. The van der Waals surface area contributed by atoms with Crippen LogP contribution in [0.5, 0.6) is 0 Å². The van der Waals surface area contributed by atoms with Gasteiger partial charge >= 0.3 is 0 Å². The van der Waals surface area contributed by atoms with E-state index >= 15 is 0 Å². The lowest BCUT2D eigenvalue weighted by Crippen LogP contribution is -2.18. The molecular formula is C20H21N5O2S2. The van der Waals surface area contributed by atoms with E-state index in [1.807, 2.05) is 54.6 Å². The average molecular weight is 428 g/mol. The summed E-state index contributed by atoms with van der Waals surface area (Å²) in [6.07, 6.45) is 2.23. The van der Waals surface area contributed by atoms with Crippen LogP contribution in [0, 0.1) is 0 Å². The van der Waals surface area contributed by atoms with Crippen molar-refractivity contribution in [2.75, 3.05) is 17.7 Å². The first kappa shape index (κ1) is 19.9. The number of ether oxygens (including phenoxy) is 1. The van der Waals surface area contributed by atoms with Gasteiger partial charge in [-0.2, -0.15) is 0 Å². The number of benzene rings is 2. The highest BCUT2D eigenvalue weighted by atomic mass is 32.2. The molecule has 1 amide bonds. The maximum atomic E-state index is 12.5. The Morgan fingerprint density at radius 2 is 2.00 bits per heavy atom. The molecule has 3 aromatic rings. The van der Waals surface area contributed by atoms with Crippen LogP contribution in [0.15, 0.2) is 69.5 Å². The summed E-state index contributed by atoms with van der Waals surface area (Å²) in [7, 11) is 0. The topological polar surface area (TPSA) is 81.9 Å². The zero-order valence-electron chi connectivity index (χ0n) is 15.7. The molecule has 0 bridgehead atoms. The summed E-state index contributed by atoms with van der Waals surface area (Å²) in [4.78, 5) is 14.6. The van der Waals surface area contributed by atoms with Gasteiger partial charge in [-0.25, -0.2) is 4.68 Å². The summed E-state index contributed by atoms with van der Waals surface area (Å²) < 4.78 is 7.36. The van der Waals surface area contributed by atoms with Gasteiger partial charge in [-0.1, -0.05) is 53.9 Å². The molecule has 0 radical (unpaired) electrons. The number of carbonyl (C=O) groups excluding carboxylic acids is 1. The van der Waals surface area contributed by atoms with E-state index in [1.165, 1.54) is 11.8 Å². The standard InChI is InChI=1S/C20H21N5O2S2/c26-19(14-28-20-22-23-24-25(20)13-15-7-6-12-27-15)21-17-10-4-5-11-18(17)29-16-8-2-1-3-9-16/h1-5,8-11,15H,6-7,12-14H2,(H,21,26). The number of carbonyl (C=O) groups is 1. The number of rotatable bonds is 8. The molecule has 150 valence electrons. The summed E-state index contributed by atoms with van der Waals surface area (Å²) in [5.41, 5.74) is 0.797. The minimum atomic E-state index is -0.0946. The van der Waals surface area contributed by atoms with Crippen LogP contribution in [0.4, 0.5) is 5.69 Å². The minimum absolute atomic E-state index is 0.0946. The van der Waals surface area contributed by atoms with Crippen LogP contribution in [-0.2, 0) is 16.1 Å². The Morgan fingerprint density at radius 1 is 1.17 bits per heavy atom. The maximum Gasteiger partial charge on any atom is 0.234 e. The smallest absolute Gasteiger partial charge is 0.234 e. The first-order valence-corrected chi connectivity index (χ1v) is 11.2. The lowest BCUT2D eigenvalue weighted by atomic mass is 10.2. The third-order valence-electron chi connectivity index (χ3n) is 4.36. The summed E-state index contributed by atoms with van der Waals surface area (Å²) in [6.45, 7) is 1.41. The average Bonchev–Trinajstić information content (AvgIpc) is 3.41. The molecule has 9 heteroatoms. The molecule has 29 heavy (non-hydrogen) atoms. The highest BCUT2D eigenvalue weighted by Crippen LogP contribution is 2.33. The molecule has 2 aromatic carbocycles. The van der Waals surface area contributed by atoms with Crippen LogP contribution in [0.25, 0.3) is 0 Å². The van der Waals surface area contributed by atoms with Crippen LogP contribution in [0.3, 0.4) is 0 Å². The third kappa shape index (κ3) is 5.59. The fourth-order valence-electron chi connectivity index (χ4n) is 2.99. The number of tetrazole rings is 1. The number of anilines is 1. The molecule has 1 aliphatic heterocycles. The Hall–Kier alpha value is -2.36. The number of nitrogens with one attached hydrogen (secondary N) is 1. The van der Waals surface area contributed by atoms with Gasteiger partial charge in [-0.05, 0) is 47.5 Å². The molecule has 7 nitrogen and oxygen atoms in total. The summed E-state index contributed by atoms with van der Waals surface area (Å²) >= 11 is 2.95. The van der Waals surface area contributed by atoms with Crippen molar-refractivity contribution in [1.29, 1.82) is 0 Å². The Kier molecular flexibility index (Phi) is 6.81. The molecule has 0 saturated carbocycles. The van der Waals surface area contributed by atoms with E-state index in [4.69, 9.17) is 4.74 Å². The minimum Gasteiger partial charge on any atom is -0.376 e. The second-order valence-corrected chi connectivity index (χ2v) is 8.58. The van der Waals surface area contributed by atoms with Gasteiger partial charge in [-0.15, -0.1) is 5.10 Å². The highest BCUT2D eigenvalue weighted by Gasteiger charge is 2.19. The Bertz CT molecular complexity index is 945. The van der Waals surface area contributed by atoms with E-state index in [9.17, 15) is 4.79 Å². The van der Waals surface area contributed by atoms with E-state index in [1.54, 1.807) is 16.4 Å². The van der Waals surface area contributed by atoms with Crippen molar-refractivity contribution in [3.63, 3.8) is 0 Å². The van der Waals surface area contributed by atoms with Gasteiger partial charge < -0.3 is 10.1 Å². The fourth-order valence-corrected chi connectivity index (χ4v) is 4.60. The van der Waals surface area contributed by atoms with Crippen molar-refractivity contribution in [1.82, 2.24) is 20.2 Å². The van der Waals surface area contributed by atoms with E-state index in [0.717, 1.165) is 34.9 Å². The number of amides is 1. The van der Waals surface area contributed by atoms with Crippen molar-refractivity contribution >= 4 is 35.1 Å². The number of hydrogen-bond donors (Lipinski definition) is 1. The van der Waals surface area contributed by atoms with Crippen LogP contribution < -0.4 is 5.32 Å². The molecule has 2 heterocycles. The zero-order chi connectivity index (χ0) is 19.9. The lowest BCUT2D eigenvalue weighted by Gasteiger charge is -2.11. The maximum absolute atomic E-state index is 12.5. The highest BCUT2D eigenvalue weighted by molar-refractivity contribution is 8.00. The Balaban J connectivity index is 1.34. The van der Waals surface area contributed by atoms with Gasteiger partial charge in [0.25, 0.3) is 0 Å². The van der Waals surface area contributed by atoms with Crippen molar-refractivity contribution < 1.29 is 9.53 Å². The van der Waals surface area contributed by atoms with Crippen LogP contribution in [0.2, 0.25) is 0 Å². The molecule has 0 aliphatic carbocycles. The molecule has 1 saturated heterocycles. The van der Waals surface area contributed by atoms with E-state index in [0.29, 0.717) is 11.7 Å². The molecular weight excluding hydrogens is 406 g/mol. The van der Waals surface area contributed by atoms with Gasteiger partial charge in [-0.3, -0.25) is 4.79 Å². The first-order chi connectivity index (χ1) is 14.3. The van der Waals surface area contributed by atoms with Crippen LogP contribution in [0.1, 0.15) is 12.8 Å². The summed E-state index contributed by atoms with van der Waals surface area (Å²) in [5.74, 6) is 0.138. The number of nitrogens with zero attached hydrogens (tertiary/aromatic N) is 4. The van der Waals surface area contributed by atoms with Crippen molar-refractivity contribution in [2.45, 2.75) is 40.4 Å². The van der Waals surface area contributed by atoms with E-state index in [2.05, 4.69) is 20.8 Å². The summed E-state index contributed by atoms with van der Waals surface area (Å²) in [5, 5.41) is 15.4. The van der Waals surface area contributed by atoms with Gasteiger partial charge in [0.05, 0.1) is 24.1 Å². The van der Waals surface area contributed by atoms with Gasteiger partial charge in [0, 0.05) is 16.4 Å². The zero-order valence-corrected chi connectivity index (χ0v) is 17.4. The lowest BCUT2D eigenvalue weighted by molar-refractivity contribution is -0.113. The van der Waals surface area contributed by atoms with Crippen LogP contribution >= 0.6 is 23.5 Å². The third-order valence-corrected chi connectivity index (χ3v) is 6.41. The fraction of sp³-hybridized carbons (Fsp3) is 0.300. The molecule has 1 N–H and O–H groups in total. The normalized spacial score (nSPS) is 16.1. The molecule has 0 spiro atoms. The monoisotopic (exact) mass is 427 g/mol. The van der Waals surface area contributed by atoms with Gasteiger partial charge in [0.1, 0.15) is 0 Å². The summed E-state index contributed by atoms with van der Waals surface area (Å²) in [6, 6.07) is 17.9. The van der Waals surface area contributed by atoms with Gasteiger partial charge in [0.15, 0.2) is 0 Å². The first-order valence-electron chi connectivity index (χ1n) is 9.40. The quantitative estimate of drug-likeness (QED) is 0.549. The molecule has 1 atom stereocenters.